The number of carbonyl (C=O) groups excluding carboxylic acids is 2. The summed E-state index contributed by atoms with van der Waals surface area (Å²) in [4.78, 5) is 31.0. The molecule has 1 aromatic carbocycles. The largest absolute Gasteiger partial charge is 0.450 e. The molecule has 3 heterocycles. The molecule has 140 valence electrons. The van der Waals surface area contributed by atoms with Crippen LogP contribution in [0.15, 0.2) is 24.3 Å². The van der Waals surface area contributed by atoms with Gasteiger partial charge >= 0.3 is 6.09 Å². The number of fused-ring (bicyclic) bond motifs is 2. The summed E-state index contributed by atoms with van der Waals surface area (Å²) in [7, 11) is 1.89. The molecule has 3 aliphatic rings. The zero-order valence-corrected chi connectivity index (χ0v) is 15.6. The number of likely N-dealkylation sites (N-methyl/N-ethyl adjacent to an activating group) is 1. The van der Waals surface area contributed by atoms with Crippen molar-refractivity contribution >= 4 is 17.7 Å². The van der Waals surface area contributed by atoms with Crippen LogP contribution in [0.3, 0.4) is 0 Å². The maximum atomic E-state index is 13.0. The summed E-state index contributed by atoms with van der Waals surface area (Å²) in [5, 5.41) is 0. The van der Waals surface area contributed by atoms with Crippen molar-refractivity contribution in [3.63, 3.8) is 0 Å². The molecule has 1 aromatic rings. The Morgan fingerprint density at radius 3 is 2.69 bits per heavy atom. The molecule has 6 nitrogen and oxygen atoms in total. The van der Waals surface area contributed by atoms with E-state index in [-0.39, 0.29) is 17.4 Å². The Hall–Kier alpha value is -2.08. The van der Waals surface area contributed by atoms with Gasteiger partial charge in [0.25, 0.3) is 0 Å². The topological polar surface area (TPSA) is 53.1 Å². The van der Waals surface area contributed by atoms with E-state index in [9.17, 15) is 9.59 Å². The van der Waals surface area contributed by atoms with Crippen molar-refractivity contribution in [3.8, 4) is 0 Å². The van der Waals surface area contributed by atoms with Crippen LogP contribution in [0.4, 0.5) is 10.5 Å². The Morgan fingerprint density at radius 2 is 1.96 bits per heavy atom. The van der Waals surface area contributed by atoms with Gasteiger partial charge in [0.1, 0.15) is 0 Å². The summed E-state index contributed by atoms with van der Waals surface area (Å²) < 4.78 is 5.12. The fraction of sp³-hybridized carbons (Fsp3) is 0.600. The molecular formula is C20H27N3O3. The lowest BCUT2D eigenvalue weighted by Gasteiger charge is -2.40. The van der Waals surface area contributed by atoms with Gasteiger partial charge in [0.2, 0.25) is 5.91 Å². The minimum Gasteiger partial charge on any atom is -0.450 e. The minimum absolute atomic E-state index is 0.204. The molecule has 0 aliphatic carbocycles. The highest BCUT2D eigenvalue weighted by molar-refractivity contribution is 6.07. The van der Waals surface area contributed by atoms with Crippen LogP contribution in [0, 0.1) is 0 Å². The van der Waals surface area contributed by atoms with Gasteiger partial charge in [0.05, 0.1) is 12.0 Å². The molecule has 6 heteroatoms. The smallest absolute Gasteiger partial charge is 0.409 e. The molecule has 4 rings (SSSR count). The van der Waals surface area contributed by atoms with E-state index >= 15 is 0 Å². The van der Waals surface area contributed by atoms with Crippen molar-refractivity contribution in [1.82, 2.24) is 9.80 Å². The maximum absolute atomic E-state index is 13.0. The fourth-order valence-electron chi connectivity index (χ4n) is 4.89. The fourth-order valence-corrected chi connectivity index (χ4v) is 4.89. The number of piperidine rings is 1. The van der Waals surface area contributed by atoms with Gasteiger partial charge in [-0.1, -0.05) is 18.2 Å². The van der Waals surface area contributed by atoms with Gasteiger partial charge in [-0.05, 0) is 50.9 Å². The average molecular weight is 357 g/mol. The zero-order chi connectivity index (χ0) is 18.3. The summed E-state index contributed by atoms with van der Waals surface area (Å²) >= 11 is 0. The van der Waals surface area contributed by atoms with E-state index in [0.717, 1.165) is 51.1 Å². The summed E-state index contributed by atoms with van der Waals surface area (Å²) in [6.07, 6.45) is 2.48. The molecule has 26 heavy (non-hydrogen) atoms. The summed E-state index contributed by atoms with van der Waals surface area (Å²) in [5.74, 6) is 0.234. The summed E-state index contributed by atoms with van der Waals surface area (Å²) in [6, 6.07) is 8.57. The lowest BCUT2D eigenvalue weighted by atomic mass is 9.73. The molecule has 2 amide bonds. The lowest BCUT2D eigenvalue weighted by Crippen LogP contribution is -2.51. The van der Waals surface area contributed by atoms with E-state index in [0.29, 0.717) is 12.6 Å². The SMILES string of the molecule is CCOC(=O)N1CC[C@H](N2CCC3(CC2)C(=O)N(C)c2ccccc23)C1. The first-order valence-electron chi connectivity index (χ1n) is 9.60. The monoisotopic (exact) mass is 357 g/mol. The second-order valence-corrected chi connectivity index (χ2v) is 7.59. The van der Waals surface area contributed by atoms with E-state index in [4.69, 9.17) is 4.74 Å². The molecule has 0 saturated carbocycles. The first kappa shape index (κ1) is 17.3. The second-order valence-electron chi connectivity index (χ2n) is 7.59. The number of likely N-dealkylation sites (tertiary alicyclic amines) is 2. The normalized spacial score (nSPS) is 25.0. The summed E-state index contributed by atoms with van der Waals surface area (Å²) in [5.41, 5.74) is 1.88. The molecule has 0 aromatic heterocycles. The number of benzene rings is 1. The number of ether oxygens (including phenoxy) is 1. The van der Waals surface area contributed by atoms with Crippen LogP contribution in [0.5, 0.6) is 0 Å². The standard InChI is InChI=1S/C20H27N3O3/c1-3-26-19(25)23-11-8-15(14-23)22-12-9-20(10-13-22)16-6-4-5-7-17(16)21(2)18(20)24/h4-7,15H,3,8-14H2,1-2H3/t15-/m0/s1. The zero-order valence-electron chi connectivity index (χ0n) is 15.6. The predicted octanol–water partition coefficient (Wildman–Crippen LogP) is 2.23. The molecule has 1 spiro atoms. The number of amides is 2. The van der Waals surface area contributed by atoms with Gasteiger partial charge in [-0.25, -0.2) is 4.79 Å². The van der Waals surface area contributed by atoms with Crippen molar-refractivity contribution in [1.29, 1.82) is 0 Å². The van der Waals surface area contributed by atoms with Gasteiger partial charge in [-0.15, -0.1) is 0 Å². The number of nitrogens with zero attached hydrogens (tertiary/aromatic N) is 3. The van der Waals surface area contributed by atoms with Crippen molar-refractivity contribution < 1.29 is 14.3 Å². The molecule has 0 radical (unpaired) electrons. The Labute approximate surface area is 154 Å². The van der Waals surface area contributed by atoms with E-state index < -0.39 is 0 Å². The molecule has 1 atom stereocenters. The van der Waals surface area contributed by atoms with Crippen molar-refractivity contribution in [3.05, 3.63) is 29.8 Å². The molecule has 0 bridgehead atoms. The molecule has 2 fully saturated rings. The van der Waals surface area contributed by atoms with Crippen molar-refractivity contribution in [2.75, 3.05) is 44.7 Å². The molecule has 0 unspecified atom stereocenters. The van der Waals surface area contributed by atoms with E-state index in [1.165, 1.54) is 5.56 Å². The van der Waals surface area contributed by atoms with E-state index in [1.807, 2.05) is 42.0 Å². The Kier molecular flexibility index (Phi) is 4.39. The first-order valence-corrected chi connectivity index (χ1v) is 9.60. The van der Waals surface area contributed by atoms with E-state index in [2.05, 4.69) is 11.0 Å². The van der Waals surface area contributed by atoms with Crippen LogP contribution in [0.25, 0.3) is 0 Å². The van der Waals surface area contributed by atoms with Crippen LogP contribution in [-0.2, 0) is 14.9 Å². The van der Waals surface area contributed by atoms with Crippen LogP contribution < -0.4 is 4.90 Å². The lowest BCUT2D eigenvalue weighted by molar-refractivity contribution is -0.124. The average Bonchev–Trinajstić information content (AvgIpc) is 3.23. The maximum Gasteiger partial charge on any atom is 0.409 e. The highest BCUT2D eigenvalue weighted by Gasteiger charge is 2.51. The van der Waals surface area contributed by atoms with Crippen LogP contribution in [-0.4, -0.2) is 67.7 Å². The van der Waals surface area contributed by atoms with Gasteiger partial charge in [0.15, 0.2) is 0 Å². The Morgan fingerprint density at radius 1 is 1.23 bits per heavy atom. The number of hydrogen-bond acceptors (Lipinski definition) is 4. The highest BCUT2D eigenvalue weighted by atomic mass is 16.6. The third kappa shape index (κ3) is 2.58. The van der Waals surface area contributed by atoms with Gasteiger partial charge < -0.3 is 14.5 Å². The van der Waals surface area contributed by atoms with Crippen LogP contribution in [0.1, 0.15) is 31.7 Å². The number of rotatable bonds is 2. The molecule has 2 saturated heterocycles. The van der Waals surface area contributed by atoms with Crippen LogP contribution in [0.2, 0.25) is 0 Å². The summed E-state index contributed by atoms with van der Waals surface area (Å²) in [6.45, 7) is 5.54. The highest BCUT2D eigenvalue weighted by Crippen LogP contribution is 2.47. The minimum atomic E-state index is -0.360. The Bertz CT molecular complexity index is 712. The van der Waals surface area contributed by atoms with Gasteiger partial charge in [-0.3, -0.25) is 9.69 Å². The predicted molar refractivity (Wildman–Crippen MR) is 99.3 cm³/mol. The van der Waals surface area contributed by atoms with Crippen LogP contribution >= 0.6 is 0 Å². The van der Waals surface area contributed by atoms with Crippen molar-refractivity contribution in [2.45, 2.75) is 37.6 Å². The first-order chi connectivity index (χ1) is 12.6. The quantitative estimate of drug-likeness (QED) is 0.814. The second kappa shape index (κ2) is 6.58. The molecular weight excluding hydrogens is 330 g/mol. The number of para-hydroxylation sites is 1. The number of anilines is 1. The molecule has 3 aliphatic heterocycles. The third-order valence-corrected chi connectivity index (χ3v) is 6.35. The van der Waals surface area contributed by atoms with Gasteiger partial charge in [0, 0.05) is 31.9 Å². The van der Waals surface area contributed by atoms with E-state index in [1.54, 1.807) is 0 Å². The van der Waals surface area contributed by atoms with Gasteiger partial charge in [-0.2, -0.15) is 0 Å². The number of hydrogen-bond donors (Lipinski definition) is 0. The number of carbonyl (C=O) groups is 2. The Balaban J connectivity index is 1.44. The molecule has 0 N–H and O–H groups in total. The third-order valence-electron chi connectivity index (χ3n) is 6.35. The van der Waals surface area contributed by atoms with Crippen molar-refractivity contribution in [2.24, 2.45) is 0 Å².